The third-order valence-corrected chi connectivity index (χ3v) is 6.52. The quantitative estimate of drug-likeness (QED) is 0.265. The zero-order chi connectivity index (χ0) is 25.0. The van der Waals surface area contributed by atoms with Gasteiger partial charge in [-0.05, 0) is 37.3 Å². The molecule has 180 valence electrons. The van der Waals surface area contributed by atoms with Gasteiger partial charge in [0.05, 0.1) is 34.6 Å². The number of alkyl halides is 4. The van der Waals surface area contributed by atoms with Crippen molar-refractivity contribution in [3.8, 4) is 28.3 Å². The largest absolute Gasteiger partial charge is 0.443 e. The highest BCUT2D eigenvalue weighted by atomic mass is 35.5. The molecule has 1 aromatic carbocycles. The molecule has 1 aliphatic rings. The van der Waals surface area contributed by atoms with Crippen LogP contribution in [0.3, 0.4) is 0 Å². The van der Waals surface area contributed by atoms with Gasteiger partial charge in [0, 0.05) is 10.1 Å². The molecule has 2 atom stereocenters. The summed E-state index contributed by atoms with van der Waals surface area (Å²) in [6, 6.07) is 5.79. The Labute approximate surface area is 205 Å². The van der Waals surface area contributed by atoms with E-state index in [4.69, 9.17) is 32.1 Å². The second-order valence-electron chi connectivity index (χ2n) is 7.90. The average Bonchev–Trinajstić information content (AvgIpc) is 3.55. The summed E-state index contributed by atoms with van der Waals surface area (Å²) in [4.78, 5) is 3.84. The van der Waals surface area contributed by atoms with E-state index in [0.717, 1.165) is 12.6 Å². The van der Waals surface area contributed by atoms with Crippen LogP contribution in [0.4, 0.5) is 17.6 Å². The molecule has 0 N–H and O–H groups in total. The first-order valence-electron chi connectivity index (χ1n) is 10.1. The molecule has 0 bridgehead atoms. The summed E-state index contributed by atoms with van der Waals surface area (Å²) in [5.74, 6) is -0.308. The van der Waals surface area contributed by atoms with Gasteiger partial charge in [0.1, 0.15) is 11.9 Å². The Morgan fingerprint density at radius 3 is 2.63 bits per heavy atom. The van der Waals surface area contributed by atoms with Gasteiger partial charge in [0.25, 0.3) is 0 Å². The van der Waals surface area contributed by atoms with Gasteiger partial charge < -0.3 is 8.94 Å². The number of hydrogen-bond donors (Lipinski definition) is 0. The Balaban J connectivity index is 1.79. The van der Waals surface area contributed by atoms with Crippen LogP contribution in [-0.4, -0.2) is 26.1 Å². The molecule has 0 aliphatic heterocycles. The van der Waals surface area contributed by atoms with E-state index in [-0.39, 0.29) is 38.5 Å². The van der Waals surface area contributed by atoms with Crippen LogP contribution in [-0.2, 0) is 11.6 Å². The molecule has 6 nitrogen and oxygen atoms in total. The standard InChI is InChI=1S/C23H14Cl2F4N4O2/c1-22(16(25)6-3-7-17(22)26)20-18(15-10-30-11-34-15)19(35-32-20)14-9-31-33(21(14)23(27,28)29)13-5-2-4-12(24)8-13/h2-11,17H,1H3. The number of oxazole rings is 1. The summed E-state index contributed by atoms with van der Waals surface area (Å²) in [6.45, 7) is 1.47. The van der Waals surface area contributed by atoms with Crippen LogP contribution in [0.15, 0.2) is 75.3 Å². The van der Waals surface area contributed by atoms with Crippen LogP contribution in [0.1, 0.15) is 18.3 Å². The van der Waals surface area contributed by atoms with Crippen molar-refractivity contribution in [3.63, 3.8) is 0 Å². The fraction of sp³-hybridized carbons (Fsp3) is 0.174. The van der Waals surface area contributed by atoms with E-state index in [1.54, 1.807) is 0 Å². The van der Waals surface area contributed by atoms with Gasteiger partial charge in [0.2, 0.25) is 0 Å². The Hall–Kier alpha value is -3.37. The van der Waals surface area contributed by atoms with E-state index >= 15 is 4.39 Å². The maximum atomic E-state index is 15.2. The molecule has 4 aromatic rings. The van der Waals surface area contributed by atoms with Gasteiger partial charge in [0.15, 0.2) is 23.6 Å². The lowest BCUT2D eigenvalue weighted by atomic mass is 9.76. The molecule has 0 amide bonds. The smallest absolute Gasteiger partial charge is 0.434 e. The number of rotatable bonds is 4. The van der Waals surface area contributed by atoms with E-state index in [1.807, 2.05) is 0 Å². The molecular formula is C23H14Cl2F4N4O2. The number of aromatic nitrogens is 4. The van der Waals surface area contributed by atoms with Crippen molar-refractivity contribution in [2.24, 2.45) is 0 Å². The van der Waals surface area contributed by atoms with Crippen LogP contribution in [0.5, 0.6) is 0 Å². The molecule has 0 spiro atoms. The highest BCUT2D eigenvalue weighted by Gasteiger charge is 2.47. The van der Waals surface area contributed by atoms with Crippen LogP contribution in [0, 0.1) is 0 Å². The van der Waals surface area contributed by atoms with Gasteiger partial charge >= 0.3 is 6.18 Å². The van der Waals surface area contributed by atoms with E-state index < -0.39 is 29.0 Å². The first kappa shape index (κ1) is 23.4. The minimum Gasteiger partial charge on any atom is -0.443 e. The van der Waals surface area contributed by atoms with Crippen molar-refractivity contribution < 1.29 is 26.5 Å². The number of allylic oxidation sites excluding steroid dienone is 4. The first-order chi connectivity index (χ1) is 16.6. The zero-order valence-electron chi connectivity index (χ0n) is 17.7. The third-order valence-electron chi connectivity index (χ3n) is 5.77. The Kier molecular flexibility index (Phi) is 5.60. The summed E-state index contributed by atoms with van der Waals surface area (Å²) >= 11 is 12.4. The summed E-state index contributed by atoms with van der Waals surface area (Å²) < 4.78 is 69.8. The fourth-order valence-corrected chi connectivity index (χ4v) is 4.42. The van der Waals surface area contributed by atoms with Gasteiger partial charge in [-0.1, -0.05) is 40.5 Å². The summed E-state index contributed by atoms with van der Waals surface area (Å²) in [5, 5.41) is 8.23. The fourth-order valence-electron chi connectivity index (χ4n) is 3.97. The maximum Gasteiger partial charge on any atom is 0.434 e. The molecule has 1 aliphatic carbocycles. The molecule has 3 heterocycles. The number of halogens is 6. The molecular weight excluding hydrogens is 511 g/mol. The summed E-state index contributed by atoms with van der Waals surface area (Å²) in [7, 11) is 0. The molecule has 0 fully saturated rings. The lowest BCUT2D eigenvalue weighted by Crippen LogP contribution is -2.35. The topological polar surface area (TPSA) is 69.9 Å². The van der Waals surface area contributed by atoms with Crippen molar-refractivity contribution in [1.82, 2.24) is 19.9 Å². The van der Waals surface area contributed by atoms with Crippen molar-refractivity contribution in [2.45, 2.75) is 24.7 Å². The summed E-state index contributed by atoms with van der Waals surface area (Å²) in [5.41, 5.74) is -3.13. The molecule has 5 rings (SSSR count). The van der Waals surface area contributed by atoms with E-state index in [2.05, 4.69) is 15.2 Å². The first-order valence-corrected chi connectivity index (χ1v) is 10.9. The maximum absolute atomic E-state index is 15.2. The molecule has 2 unspecified atom stereocenters. The van der Waals surface area contributed by atoms with Crippen molar-refractivity contribution in [2.75, 3.05) is 0 Å². The predicted molar refractivity (Wildman–Crippen MR) is 120 cm³/mol. The van der Waals surface area contributed by atoms with Crippen LogP contribution in [0.2, 0.25) is 5.02 Å². The average molecular weight is 525 g/mol. The van der Waals surface area contributed by atoms with Crippen molar-refractivity contribution in [3.05, 3.63) is 82.7 Å². The van der Waals surface area contributed by atoms with Crippen LogP contribution >= 0.6 is 23.2 Å². The Bertz CT molecular complexity index is 1460. The van der Waals surface area contributed by atoms with Crippen molar-refractivity contribution in [1.29, 1.82) is 0 Å². The van der Waals surface area contributed by atoms with Gasteiger partial charge in [-0.2, -0.15) is 18.3 Å². The van der Waals surface area contributed by atoms with Crippen molar-refractivity contribution >= 4 is 23.2 Å². The van der Waals surface area contributed by atoms with E-state index in [9.17, 15) is 13.2 Å². The zero-order valence-corrected chi connectivity index (χ0v) is 19.2. The lowest BCUT2D eigenvalue weighted by molar-refractivity contribution is -0.142. The molecule has 0 saturated carbocycles. The highest BCUT2D eigenvalue weighted by molar-refractivity contribution is 6.31. The van der Waals surface area contributed by atoms with Gasteiger partial charge in [-0.25, -0.2) is 14.1 Å². The molecule has 35 heavy (non-hydrogen) atoms. The lowest BCUT2D eigenvalue weighted by Gasteiger charge is -2.31. The second-order valence-corrected chi connectivity index (χ2v) is 8.74. The number of hydrogen-bond acceptors (Lipinski definition) is 5. The number of benzene rings is 1. The molecule has 3 aromatic heterocycles. The molecule has 0 radical (unpaired) electrons. The van der Waals surface area contributed by atoms with Gasteiger partial charge in [-0.3, -0.25) is 0 Å². The predicted octanol–water partition coefficient (Wildman–Crippen LogP) is 7.14. The molecule has 12 heteroatoms. The summed E-state index contributed by atoms with van der Waals surface area (Å²) in [6.07, 6.45) is 1.03. The SMILES string of the molecule is CC1(c2noc(-c3cnn(-c4cccc(Cl)c4)c3C(F)(F)F)c2-c2cnco2)C(Cl)=CC=CC1F. The third kappa shape index (κ3) is 3.77. The highest BCUT2D eigenvalue weighted by Crippen LogP contribution is 2.49. The Morgan fingerprint density at radius 2 is 1.97 bits per heavy atom. The van der Waals surface area contributed by atoms with Crippen LogP contribution in [0.25, 0.3) is 28.3 Å². The minimum absolute atomic E-state index is 0.0207. The second kappa shape index (κ2) is 8.39. The minimum atomic E-state index is -4.86. The Morgan fingerprint density at radius 1 is 1.17 bits per heavy atom. The monoisotopic (exact) mass is 524 g/mol. The van der Waals surface area contributed by atoms with E-state index in [1.165, 1.54) is 55.6 Å². The molecule has 0 saturated heterocycles. The van der Waals surface area contributed by atoms with Gasteiger partial charge in [-0.15, -0.1) is 0 Å². The normalized spacial score (nSPS) is 20.3. The van der Waals surface area contributed by atoms with Crippen LogP contribution < -0.4 is 0 Å². The number of nitrogens with zero attached hydrogens (tertiary/aromatic N) is 4. The van der Waals surface area contributed by atoms with E-state index in [0.29, 0.717) is 4.68 Å².